The van der Waals surface area contributed by atoms with Crippen molar-refractivity contribution in [3.63, 3.8) is 0 Å². The van der Waals surface area contributed by atoms with Crippen LogP contribution in [0.4, 0.5) is 0 Å². The summed E-state index contributed by atoms with van der Waals surface area (Å²) in [6, 6.07) is 0. The van der Waals surface area contributed by atoms with Gasteiger partial charge in [0, 0.05) is 6.42 Å². The van der Waals surface area contributed by atoms with E-state index >= 15 is 0 Å². The van der Waals surface area contributed by atoms with Gasteiger partial charge in [-0.1, -0.05) is 33.6 Å². The van der Waals surface area contributed by atoms with Crippen LogP contribution in [0.15, 0.2) is 0 Å². The van der Waals surface area contributed by atoms with Crippen molar-refractivity contribution in [1.82, 2.24) is 0 Å². The van der Waals surface area contributed by atoms with Gasteiger partial charge in [0.15, 0.2) is 0 Å². The van der Waals surface area contributed by atoms with Crippen molar-refractivity contribution in [2.24, 2.45) is 0 Å². The zero-order valence-electron chi connectivity index (χ0n) is 13.8. The molecule has 0 N–H and O–H groups in total. The molecule has 0 radical (unpaired) electrons. The lowest BCUT2D eigenvalue weighted by atomic mass is 10.3. The Balaban J connectivity index is 4.13. The van der Waals surface area contributed by atoms with Crippen LogP contribution in [0.3, 0.4) is 0 Å². The third-order valence-corrected chi connectivity index (χ3v) is 4.87. The number of hydrogen-bond donors (Lipinski definition) is 0. The van der Waals surface area contributed by atoms with E-state index < -0.39 is 7.60 Å². The molecule has 21 heavy (non-hydrogen) atoms. The Morgan fingerprint density at radius 2 is 1.43 bits per heavy atom. The minimum Gasteiger partial charge on any atom is -0.466 e. The number of rotatable bonds is 14. The predicted molar refractivity (Wildman–Crippen MR) is 84.7 cm³/mol. The fourth-order valence-corrected chi connectivity index (χ4v) is 3.26. The van der Waals surface area contributed by atoms with Crippen molar-refractivity contribution in [3.8, 4) is 0 Å². The molecule has 0 aromatic carbocycles. The first-order valence-electron chi connectivity index (χ1n) is 8.11. The Labute approximate surface area is 129 Å². The van der Waals surface area contributed by atoms with Crippen molar-refractivity contribution >= 4 is 13.6 Å². The molecule has 0 unspecified atom stereocenters. The molecule has 6 heteroatoms. The maximum Gasteiger partial charge on any atom is 0.330 e. The third kappa shape index (κ3) is 11.9. The number of esters is 1. The van der Waals surface area contributed by atoms with E-state index in [0.29, 0.717) is 26.2 Å². The van der Waals surface area contributed by atoms with Gasteiger partial charge in [0.1, 0.15) is 0 Å². The van der Waals surface area contributed by atoms with E-state index in [1.54, 1.807) is 0 Å². The SMILES string of the molecule is CCCCOP(=O)(CCCC(=O)OCCC)OCCCC. The number of ether oxygens (including phenoxy) is 1. The summed E-state index contributed by atoms with van der Waals surface area (Å²) in [7, 11) is -3.07. The molecule has 0 fully saturated rings. The zero-order chi connectivity index (χ0) is 16.0. The van der Waals surface area contributed by atoms with E-state index in [1.807, 2.05) is 6.92 Å². The van der Waals surface area contributed by atoms with E-state index in [4.69, 9.17) is 13.8 Å². The number of carbonyl (C=O) groups excluding carboxylic acids is 1. The first-order chi connectivity index (χ1) is 10.1. The van der Waals surface area contributed by atoms with E-state index in [2.05, 4.69) is 13.8 Å². The van der Waals surface area contributed by atoms with E-state index in [0.717, 1.165) is 32.1 Å². The van der Waals surface area contributed by atoms with Gasteiger partial charge in [-0.2, -0.15) is 0 Å². The Kier molecular flexibility index (Phi) is 13.1. The average molecular weight is 322 g/mol. The molecule has 0 saturated heterocycles. The lowest BCUT2D eigenvalue weighted by Gasteiger charge is -2.18. The third-order valence-electron chi connectivity index (χ3n) is 2.85. The van der Waals surface area contributed by atoms with Crippen molar-refractivity contribution < 1.29 is 23.1 Å². The topological polar surface area (TPSA) is 61.8 Å². The van der Waals surface area contributed by atoms with Gasteiger partial charge in [0.2, 0.25) is 0 Å². The Bertz CT molecular complexity index is 292. The monoisotopic (exact) mass is 322 g/mol. The molecule has 5 nitrogen and oxygen atoms in total. The molecular formula is C15H31O5P. The van der Waals surface area contributed by atoms with Gasteiger partial charge in [-0.05, 0) is 25.7 Å². The summed E-state index contributed by atoms with van der Waals surface area (Å²) >= 11 is 0. The molecule has 0 spiro atoms. The highest BCUT2D eigenvalue weighted by atomic mass is 31.2. The summed E-state index contributed by atoms with van der Waals surface area (Å²) in [5.41, 5.74) is 0. The Morgan fingerprint density at radius 3 is 1.90 bits per heavy atom. The summed E-state index contributed by atoms with van der Waals surface area (Å²) in [6.07, 6.45) is 5.51. The second-order valence-electron chi connectivity index (χ2n) is 5.03. The Morgan fingerprint density at radius 1 is 0.857 bits per heavy atom. The Hall–Kier alpha value is -0.380. The fourth-order valence-electron chi connectivity index (χ4n) is 1.57. The van der Waals surface area contributed by atoms with Gasteiger partial charge in [0.25, 0.3) is 0 Å². The standard InChI is InChI=1S/C15H31O5P/c1-4-7-12-19-21(17,20-13-8-5-2)14-9-10-15(16)18-11-6-3/h4-14H2,1-3H3. The van der Waals surface area contributed by atoms with Crippen LogP contribution in [0.25, 0.3) is 0 Å². The van der Waals surface area contributed by atoms with Crippen LogP contribution in [0.2, 0.25) is 0 Å². The summed E-state index contributed by atoms with van der Waals surface area (Å²) < 4.78 is 28.5. The highest BCUT2D eigenvalue weighted by molar-refractivity contribution is 7.53. The molecule has 0 aliphatic heterocycles. The molecule has 0 aliphatic rings. The van der Waals surface area contributed by atoms with Gasteiger partial charge in [0.05, 0.1) is 26.0 Å². The van der Waals surface area contributed by atoms with Gasteiger partial charge in [-0.25, -0.2) is 0 Å². The first kappa shape index (κ1) is 20.6. The minimum absolute atomic E-state index is 0.245. The van der Waals surface area contributed by atoms with E-state index in [-0.39, 0.29) is 18.6 Å². The molecule has 0 aliphatic carbocycles. The van der Waals surface area contributed by atoms with Gasteiger partial charge in [-0.3, -0.25) is 9.36 Å². The van der Waals surface area contributed by atoms with Crippen molar-refractivity contribution in [1.29, 1.82) is 0 Å². The van der Waals surface area contributed by atoms with Gasteiger partial charge >= 0.3 is 13.6 Å². The maximum absolute atomic E-state index is 12.6. The summed E-state index contributed by atoms with van der Waals surface area (Å²) in [4.78, 5) is 11.4. The quantitative estimate of drug-likeness (QED) is 0.267. The minimum atomic E-state index is -3.07. The van der Waals surface area contributed by atoms with Crippen LogP contribution in [-0.4, -0.2) is 32.0 Å². The number of hydrogen-bond acceptors (Lipinski definition) is 5. The molecule has 0 bridgehead atoms. The number of unbranched alkanes of at least 4 members (excludes halogenated alkanes) is 2. The molecule has 0 saturated carbocycles. The molecule has 0 aromatic heterocycles. The zero-order valence-corrected chi connectivity index (χ0v) is 14.7. The normalized spacial score (nSPS) is 11.6. The van der Waals surface area contributed by atoms with Crippen molar-refractivity contribution in [2.75, 3.05) is 26.0 Å². The summed E-state index contributed by atoms with van der Waals surface area (Å²) in [6.45, 7) is 7.38. The highest BCUT2D eigenvalue weighted by Gasteiger charge is 2.24. The van der Waals surface area contributed by atoms with E-state index in [1.165, 1.54) is 0 Å². The number of carbonyl (C=O) groups is 1. The maximum atomic E-state index is 12.6. The molecule has 0 aromatic rings. The summed E-state index contributed by atoms with van der Waals surface area (Å²) in [5.74, 6) is -0.245. The fraction of sp³-hybridized carbons (Fsp3) is 0.933. The van der Waals surface area contributed by atoms with Crippen LogP contribution in [0, 0.1) is 0 Å². The van der Waals surface area contributed by atoms with Crippen LogP contribution >= 0.6 is 7.60 Å². The molecule has 0 heterocycles. The van der Waals surface area contributed by atoms with Crippen molar-refractivity contribution in [3.05, 3.63) is 0 Å². The predicted octanol–water partition coefficient (Wildman–Crippen LogP) is 4.55. The molecule has 126 valence electrons. The van der Waals surface area contributed by atoms with Gasteiger partial charge in [-0.15, -0.1) is 0 Å². The second kappa shape index (κ2) is 13.3. The highest BCUT2D eigenvalue weighted by Crippen LogP contribution is 2.49. The molecule has 0 atom stereocenters. The lowest BCUT2D eigenvalue weighted by Crippen LogP contribution is -2.08. The van der Waals surface area contributed by atoms with Crippen LogP contribution in [0.1, 0.15) is 65.7 Å². The van der Waals surface area contributed by atoms with Crippen LogP contribution in [-0.2, 0) is 23.1 Å². The van der Waals surface area contributed by atoms with E-state index in [9.17, 15) is 9.36 Å². The largest absolute Gasteiger partial charge is 0.466 e. The first-order valence-corrected chi connectivity index (χ1v) is 9.84. The van der Waals surface area contributed by atoms with Gasteiger partial charge < -0.3 is 13.8 Å². The molecular weight excluding hydrogens is 291 g/mol. The second-order valence-corrected chi connectivity index (χ2v) is 7.22. The molecule has 0 amide bonds. The van der Waals surface area contributed by atoms with Crippen molar-refractivity contribution in [2.45, 2.75) is 65.7 Å². The molecule has 0 rings (SSSR count). The lowest BCUT2D eigenvalue weighted by molar-refractivity contribution is -0.143. The summed E-state index contributed by atoms with van der Waals surface area (Å²) in [5, 5.41) is 0. The van der Waals surface area contributed by atoms with Crippen LogP contribution in [0.5, 0.6) is 0 Å². The average Bonchev–Trinajstić information content (AvgIpc) is 2.46. The van der Waals surface area contributed by atoms with Crippen LogP contribution < -0.4 is 0 Å². The smallest absolute Gasteiger partial charge is 0.330 e.